The van der Waals surface area contributed by atoms with E-state index in [2.05, 4.69) is 128 Å². The molecule has 0 fully saturated rings. The van der Waals surface area contributed by atoms with Crippen LogP contribution in [0, 0.1) is 11.5 Å². The van der Waals surface area contributed by atoms with Crippen LogP contribution in [0.15, 0.2) is 24.3 Å². The third-order valence-corrected chi connectivity index (χ3v) is 17.0. The maximum Gasteiger partial charge on any atom is 0.192 e. The van der Waals surface area contributed by atoms with Crippen molar-refractivity contribution in [1.82, 2.24) is 0 Å². The van der Waals surface area contributed by atoms with Gasteiger partial charge in [-0.1, -0.05) is 67.1 Å². The molecule has 0 amide bonds. The molecule has 188 valence electrons. The Labute approximate surface area is 208 Å². The zero-order valence-electron chi connectivity index (χ0n) is 23.9. The van der Waals surface area contributed by atoms with Crippen LogP contribution in [0.3, 0.4) is 0 Å². The lowest BCUT2D eigenvalue weighted by molar-refractivity contribution is 0.276. The standard InChI is InChI=1S/C27H51NO2Si3/c1-26(2,3)32(10,11)29-21-19-28(20-22-30-33(12,13)27(4,5)6)25-16-14-24(15-17-25)18-23-31(7,8)9/h14-17H,19-22H2,1-13H3. The van der Waals surface area contributed by atoms with Gasteiger partial charge in [0.25, 0.3) is 0 Å². The van der Waals surface area contributed by atoms with Crippen molar-refractivity contribution in [3.8, 4) is 11.5 Å². The van der Waals surface area contributed by atoms with E-state index in [1.165, 1.54) is 5.69 Å². The number of benzene rings is 1. The highest BCUT2D eigenvalue weighted by molar-refractivity contribution is 6.83. The molecular formula is C27H51NO2Si3. The minimum absolute atomic E-state index is 0.222. The van der Waals surface area contributed by atoms with Gasteiger partial charge in [-0.2, -0.15) is 0 Å². The Bertz CT molecular complexity index is 769. The largest absolute Gasteiger partial charge is 0.415 e. The Hall–Kier alpha value is -0.849. The predicted octanol–water partition coefficient (Wildman–Crippen LogP) is 7.77. The average Bonchev–Trinajstić information content (AvgIpc) is 2.63. The van der Waals surface area contributed by atoms with Gasteiger partial charge in [0.2, 0.25) is 0 Å². The van der Waals surface area contributed by atoms with E-state index in [-0.39, 0.29) is 10.1 Å². The van der Waals surface area contributed by atoms with Crippen molar-refractivity contribution >= 4 is 30.4 Å². The number of hydrogen-bond acceptors (Lipinski definition) is 3. The molecule has 0 radical (unpaired) electrons. The number of hydrogen-bond donors (Lipinski definition) is 0. The molecule has 33 heavy (non-hydrogen) atoms. The summed E-state index contributed by atoms with van der Waals surface area (Å²) in [5.41, 5.74) is 5.77. The third kappa shape index (κ3) is 10.1. The van der Waals surface area contributed by atoms with Gasteiger partial charge < -0.3 is 13.8 Å². The molecule has 0 unspecified atom stereocenters. The van der Waals surface area contributed by atoms with Crippen LogP contribution in [0.2, 0.25) is 55.9 Å². The van der Waals surface area contributed by atoms with Gasteiger partial charge in [-0.25, -0.2) is 0 Å². The SMILES string of the molecule is CC(C)(C)[Si](C)(C)OCCN(CCO[Si](C)(C)C(C)(C)C)c1ccc(C#C[Si](C)(C)C)cc1. The molecule has 1 aromatic rings. The maximum absolute atomic E-state index is 6.49. The van der Waals surface area contributed by atoms with Crippen molar-refractivity contribution in [3.63, 3.8) is 0 Å². The van der Waals surface area contributed by atoms with Crippen molar-refractivity contribution in [2.75, 3.05) is 31.2 Å². The predicted molar refractivity (Wildman–Crippen MR) is 155 cm³/mol. The van der Waals surface area contributed by atoms with Crippen LogP contribution < -0.4 is 4.90 Å². The first-order chi connectivity index (χ1) is 14.8. The molecule has 3 nitrogen and oxygen atoms in total. The van der Waals surface area contributed by atoms with E-state index < -0.39 is 24.7 Å². The van der Waals surface area contributed by atoms with E-state index in [1.807, 2.05) is 0 Å². The van der Waals surface area contributed by atoms with Gasteiger partial charge in [0, 0.05) is 24.3 Å². The van der Waals surface area contributed by atoms with Crippen molar-refractivity contribution in [1.29, 1.82) is 0 Å². The number of rotatable bonds is 9. The highest BCUT2D eigenvalue weighted by atomic mass is 28.4. The molecule has 0 spiro atoms. The second-order valence-corrected chi connectivity index (χ2v) is 27.6. The maximum atomic E-state index is 6.49. The van der Waals surface area contributed by atoms with Gasteiger partial charge in [-0.3, -0.25) is 0 Å². The summed E-state index contributed by atoms with van der Waals surface area (Å²) < 4.78 is 13.0. The Morgan fingerprint density at radius 1 is 0.697 bits per heavy atom. The van der Waals surface area contributed by atoms with E-state index >= 15 is 0 Å². The average molecular weight is 506 g/mol. The lowest BCUT2D eigenvalue weighted by Gasteiger charge is -2.38. The first-order valence-corrected chi connectivity index (χ1v) is 21.7. The van der Waals surface area contributed by atoms with Gasteiger partial charge in [-0.05, 0) is 60.5 Å². The first-order valence-electron chi connectivity index (χ1n) is 12.4. The summed E-state index contributed by atoms with van der Waals surface area (Å²) in [6, 6.07) is 8.71. The summed E-state index contributed by atoms with van der Waals surface area (Å²) >= 11 is 0. The smallest absolute Gasteiger partial charge is 0.192 e. The Morgan fingerprint density at radius 3 is 1.42 bits per heavy atom. The zero-order valence-corrected chi connectivity index (χ0v) is 26.9. The monoisotopic (exact) mass is 505 g/mol. The van der Waals surface area contributed by atoms with Crippen molar-refractivity contribution in [3.05, 3.63) is 29.8 Å². The fourth-order valence-electron chi connectivity index (χ4n) is 2.64. The number of nitrogens with zero attached hydrogens (tertiary/aromatic N) is 1. The Kier molecular flexibility index (Phi) is 10.3. The van der Waals surface area contributed by atoms with Crippen molar-refractivity contribution < 1.29 is 8.85 Å². The van der Waals surface area contributed by atoms with E-state index in [4.69, 9.17) is 8.85 Å². The highest BCUT2D eigenvalue weighted by Crippen LogP contribution is 2.37. The first kappa shape index (κ1) is 30.2. The van der Waals surface area contributed by atoms with E-state index in [0.29, 0.717) is 0 Å². The van der Waals surface area contributed by atoms with Gasteiger partial charge in [-0.15, -0.1) is 5.54 Å². The summed E-state index contributed by atoms with van der Waals surface area (Å²) in [5.74, 6) is 3.37. The summed E-state index contributed by atoms with van der Waals surface area (Å²) in [6.07, 6.45) is 0. The normalized spacial score (nSPS) is 13.5. The topological polar surface area (TPSA) is 21.7 Å². The Morgan fingerprint density at radius 2 is 1.09 bits per heavy atom. The lowest BCUT2D eigenvalue weighted by atomic mass is 10.2. The van der Waals surface area contributed by atoms with Gasteiger partial charge in [0.05, 0.1) is 13.2 Å². The summed E-state index contributed by atoms with van der Waals surface area (Å²) in [5, 5.41) is 0.444. The molecule has 0 aliphatic heterocycles. The fraction of sp³-hybridized carbons (Fsp3) is 0.704. The number of anilines is 1. The van der Waals surface area contributed by atoms with Gasteiger partial charge >= 0.3 is 0 Å². The molecule has 0 aliphatic rings. The van der Waals surface area contributed by atoms with Crippen LogP contribution in [-0.4, -0.2) is 51.0 Å². The van der Waals surface area contributed by atoms with E-state index in [1.54, 1.807) is 0 Å². The fourth-order valence-corrected chi connectivity index (χ4v) is 5.23. The zero-order chi connectivity index (χ0) is 25.7. The van der Waals surface area contributed by atoms with E-state index in [9.17, 15) is 0 Å². The van der Waals surface area contributed by atoms with Crippen LogP contribution in [0.1, 0.15) is 47.1 Å². The summed E-state index contributed by atoms with van der Waals surface area (Å²) in [7, 11) is -4.90. The summed E-state index contributed by atoms with van der Waals surface area (Å²) in [6.45, 7) is 33.1. The molecule has 1 rings (SSSR count). The quantitative estimate of drug-likeness (QED) is 0.253. The van der Waals surface area contributed by atoms with Gasteiger partial charge in [0.1, 0.15) is 8.07 Å². The summed E-state index contributed by atoms with van der Waals surface area (Å²) in [4.78, 5) is 2.41. The van der Waals surface area contributed by atoms with Crippen LogP contribution in [-0.2, 0) is 8.85 Å². The molecular weight excluding hydrogens is 455 g/mol. The van der Waals surface area contributed by atoms with Crippen molar-refractivity contribution in [2.24, 2.45) is 0 Å². The molecule has 6 heteroatoms. The minimum atomic E-state index is -1.76. The van der Waals surface area contributed by atoms with E-state index in [0.717, 1.165) is 31.9 Å². The van der Waals surface area contributed by atoms with Crippen molar-refractivity contribution in [2.45, 2.75) is 97.4 Å². The van der Waals surface area contributed by atoms with Crippen LogP contribution in [0.4, 0.5) is 5.69 Å². The molecule has 0 bridgehead atoms. The molecule has 0 saturated heterocycles. The Balaban J connectivity index is 2.96. The third-order valence-electron chi connectivity index (χ3n) is 7.07. The molecule has 0 N–H and O–H groups in total. The van der Waals surface area contributed by atoms with Crippen LogP contribution >= 0.6 is 0 Å². The molecule has 0 heterocycles. The second-order valence-electron chi connectivity index (χ2n) is 13.3. The highest BCUT2D eigenvalue weighted by Gasteiger charge is 2.38. The van der Waals surface area contributed by atoms with Gasteiger partial charge in [0.15, 0.2) is 16.6 Å². The lowest BCUT2D eigenvalue weighted by Crippen LogP contribution is -2.44. The van der Waals surface area contributed by atoms with Crippen LogP contribution in [0.25, 0.3) is 0 Å². The second kappa shape index (κ2) is 11.3. The molecule has 0 atom stereocenters. The van der Waals surface area contributed by atoms with Crippen LogP contribution in [0.5, 0.6) is 0 Å². The molecule has 0 aromatic heterocycles. The minimum Gasteiger partial charge on any atom is -0.415 e. The molecule has 1 aromatic carbocycles. The molecule has 0 aliphatic carbocycles. The molecule has 0 saturated carbocycles.